The highest BCUT2D eigenvalue weighted by Crippen LogP contribution is 2.44. The van der Waals surface area contributed by atoms with E-state index in [0.717, 1.165) is 33.5 Å². The van der Waals surface area contributed by atoms with Crippen molar-refractivity contribution in [1.29, 1.82) is 0 Å². The van der Waals surface area contributed by atoms with Gasteiger partial charge in [0.25, 0.3) is 0 Å². The molecule has 0 saturated carbocycles. The average molecular weight is 488 g/mol. The van der Waals surface area contributed by atoms with Crippen molar-refractivity contribution in [3.05, 3.63) is 95.0 Å². The van der Waals surface area contributed by atoms with E-state index < -0.39 is 0 Å². The topological polar surface area (TPSA) is 72.6 Å². The van der Waals surface area contributed by atoms with Gasteiger partial charge in [-0.05, 0) is 52.4 Å². The lowest BCUT2D eigenvalue weighted by Crippen LogP contribution is -2.28. The minimum Gasteiger partial charge on any atom is -0.489 e. The largest absolute Gasteiger partial charge is 0.489 e. The van der Waals surface area contributed by atoms with E-state index in [0.29, 0.717) is 23.0 Å². The van der Waals surface area contributed by atoms with Crippen LogP contribution >= 0.6 is 23.4 Å². The van der Waals surface area contributed by atoms with Gasteiger partial charge in [0.05, 0.1) is 22.0 Å². The van der Waals surface area contributed by atoms with Crippen molar-refractivity contribution in [3.8, 4) is 5.75 Å². The highest BCUT2D eigenvalue weighted by Gasteiger charge is 2.35. The van der Waals surface area contributed by atoms with Gasteiger partial charge in [-0.25, -0.2) is 0 Å². The molecule has 0 bridgehead atoms. The molecule has 9 heteroatoms. The summed E-state index contributed by atoms with van der Waals surface area (Å²) in [5, 5.41) is 13.6. The van der Waals surface area contributed by atoms with Crippen LogP contribution < -0.4 is 9.64 Å². The molecule has 1 fully saturated rings. The molecule has 6 rings (SSSR count). The lowest BCUT2D eigenvalue weighted by Gasteiger charge is -2.25. The van der Waals surface area contributed by atoms with E-state index in [9.17, 15) is 4.79 Å². The molecule has 0 radical (unpaired) electrons. The number of ether oxygens (including phenoxy) is 1. The molecule has 3 aromatic carbocycles. The van der Waals surface area contributed by atoms with Crippen LogP contribution in [0.3, 0.4) is 0 Å². The molecular weight excluding hydrogens is 470 g/mol. The molecule has 0 spiro atoms. The summed E-state index contributed by atoms with van der Waals surface area (Å²) >= 11 is 7.96. The number of pyridine rings is 1. The van der Waals surface area contributed by atoms with Crippen molar-refractivity contribution in [2.75, 3.05) is 10.7 Å². The van der Waals surface area contributed by atoms with Crippen molar-refractivity contribution in [2.45, 2.75) is 12.0 Å². The Morgan fingerprint density at radius 1 is 1.03 bits per heavy atom. The molecule has 34 heavy (non-hydrogen) atoms. The summed E-state index contributed by atoms with van der Waals surface area (Å²) in [5.74, 6) is 1.19. The molecule has 5 aromatic rings. The van der Waals surface area contributed by atoms with Crippen molar-refractivity contribution in [1.82, 2.24) is 20.0 Å². The number of tetrazole rings is 1. The van der Waals surface area contributed by atoms with E-state index in [1.165, 1.54) is 0 Å². The van der Waals surface area contributed by atoms with E-state index in [2.05, 4.69) is 21.6 Å². The molecule has 168 valence electrons. The maximum absolute atomic E-state index is 12.6. The fraction of sp³-hybridized carbons (Fsp3) is 0.120. The third-order valence-corrected chi connectivity index (χ3v) is 7.32. The van der Waals surface area contributed by atoms with Gasteiger partial charge in [0.2, 0.25) is 5.91 Å². The molecule has 0 aliphatic carbocycles. The Labute approximate surface area is 204 Å². The maximum Gasteiger partial charge on any atom is 0.238 e. The summed E-state index contributed by atoms with van der Waals surface area (Å²) in [6.07, 6.45) is 0. The normalized spacial score (nSPS) is 16.0. The number of carbonyl (C=O) groups is 1. The van der Waals surface area contributed by atoms with Gasteiger partial charge in [-0.2, -0.15) is 4.52 Å². The third kappa shape index (κ3) is 3.65. The van der Waals surface area contributed by atoms with Gasteiger partial charge < -0.3 is 4.74 Å². The zero-order valence-electron chi connectivity index (χ0n) is 17.8. The first-order valence-corrected chi connectivity index (χ1v) is 12.1. The van der Waals surface area contributed by atoms with Crippen LogP contribution in [0.15, 0.2) is 78.9 Å². The number of nitrogens with zero attached hydrogens (tertiary/aromatic N) is 5. The molecule has 7 nitrogen and oxygen atoms in total. The van der Waals surface area contributed by atoms with Crippen LogP contribution in [0.25, 0.3) is 16.6 Å². The van der Waals surface area contributed by atoms with Crippen LogP contribution in [0.2, 0.25) is 5.02 Å². The van der Waals surface area contributed by atoms with Crippen LogP contribution in [-0.2, 0) is 11.4 Å². The number of aromatic nitrogens is 4. The highest BCUT2D eigenvalue weighted by molar-refractivity contribution is 8.00. The monoisotopic (exact) mass is 487 g/mol. The summed E-state index contributed by atoms with van der Waals surface area (Å²) in [6, 6.07) is 25.3. The van der Waals surface area contributed by atoms with Gasteiger partial charge in [0.1, 0.15) is 17.7 Å². The number of rotatable bonds is 5. The number of carbonyl (C=O) groups excluding carboxylic acids is 1. The van der Waals surface area contributed by atoms with Gasteiger partial charge >= 0.3 is 0 Å². The van der Waals surface area contributed by atoms with Crippen LogP contribution in [0.5, 0.6) is 5.75 Å². The quantitative estimate of drug-likeness (QED) is 0.335. The molecule has 2 aromatic heterocycles. The van der Waals surface area contributed by atoms with Crippen LogP contribution in [-0.4, -0.2) is 31.7 Å². The zero-order chi connectivity index (χ0) is 23.1. The second-order valence-electron chi connectivity index (χ2n) is 7.88. The third-order valence-electron chi connectivity index (χ3n) is 5.79. The number of amides is 1. The van der Waals surface area contributed by atoms with Gasteiger partial charge in [0, 0.05) is 10.9 Å². The van der Waals surface area contributed by atoms with E-state index in [1.807, 2.05) is 66.7 Å². The summed E-state index contributed by atoms with van der Waals surface area (Å²) in [5.41, 5.74) is 4.26. The number of hydrogen-bond acceptors (Lipinski definition) is 6. The predicted molar refractivity (Wildman–Crippen MR) is 133 cm³/mol. The van der Waals surface area contributed by atoms with Gasteiger partial charge in [-0.1, -0.05) is 54.1 Å². The summed E-state index contributed by atoms with van der Waals surface area (Å²) in [7, 11) is 0. The fourth-order valence-corrected chi connectivity index (χ4v) is 5.57. The number of thioether (sulfide) groups is 1. The molecule has 1 aliphatic heterocycles. The smallest absolute Gasteiger partial charge is 0.238 e. The van der Waals surface area contributed by atoms with Gasteiger partial charge in [-0.15, -0.1) is 16.9 Å². The maximum atomic E-state index is 12.6. The van der Waals surface area contributed by atoms with Crippen molar-refractivity contribution in [3.63, 3.8) is 0 Å². The first kappa shape index (κ1) is 20.9. The number of para-hydroxylation sites is 2. The molecule has 1 unspecified atom stereocenters. The van der Waals surface area contributed by atoms with E-state index in [-0.39, 0.29) is 11.3 Å². The molecule has 0 N–H and O–H groups in total. The Hall–Kier alpha value is -3.62. The molecule has 1 atom stereocenters. The number of hydrogen-bond donors (Lipinski definition) is 0. The van der Waals surface area contributed by atoms with Crippen molar-refractivity contribution < 1.29 is 9.53 Å². The summed E-state index contributed by atoms with van der Waals surface area (Å²) in [6.45, 7) is 0.330. The zero-order valence-corrected chi connectivity index (χ0v) is 19.4. The SMILES string of the molecule is O=C1CSC(c2ccc(OCc3cc4ccccc4n4nnnc34)cc2)N1c1ccccc1Cl. The van der Waals surface area contributed by atoms with Gasteiger partial charge in [0.15, 0.2) is 5.65 Å². The molecule has 1 amide bonds. The van der Waals surface area contributed by atoms with Crippen molar-refractivity contribution >= 4 is 51.5 Å². The minimum absolute atomic E-state index is 0.0469. The number of benzene rings is 3. The Balaban J connectivity index is 1.23. The van der Waals surface area contributed by atoms with Crippen LogP contribution in [0.1, 0.15) is 16.5 Å². The lowest BCUT2D eigenvalue weighted by molar-refractivity contribution is -0.115. The summed E-state index contributed by atoms with van der Waals surface area (Å²) in [4.78, 5) is 14.4. The number of anilines is 1. The molecule has 1 saturated heterocycles. The van der Waals surface area contributed by atoms with Gasteiger partial charge in [-0.3, -0.25) is 9.69 Å². The summed E-state index contributed by atoms with van der Waals surface area (Å²) < 4.78 is 7.80. The minimum atomic E-state index is -0.136. The lowest BCUT2D eigenvalue weighted by atomic mass is 10.1. The number of halogens is 1. The predicted octanol–water partition coefficient (Wildman–Crippen LogP) is 5.29. The standard InChI is InChI=1S/C25H18ClN5O2S/c26-20-6-2-4-8-22(20)30-23(32)15-34-25(30)16-9-11-19(12-10-16)33-14-18-13-17-5-1-3-7-21(17)31-24(18)27-28-29-31/h1-13,25H,14-15H2. The van der Waals surface area contributed by atoms with E-state index >= 15 is 0 Å². The Morgan fingerprint density at radius 3 is 2.68 bits per heavy atom. The molecule has 3 heterocycles. The second-order valence-corrected chi connectivity index (χ2v) is 9.35. The van der Waals surface area contributed by atoms with E-state index in [4.69, 9.17) is 16.3 Å². The Bertz CT molecular complexity index is 1520. The fourth-order valence-electron chi connectivity index (χ4n) is 4.18. The second kappa shape index (κ2) is 8.62. The van der Waals surface area contributed by atoms with E-state index in [1.54, 1.807) is 27.2 Å². The van der Waals surface area contributed by atoms with Crippen molar-refractivity contribution in [2.24, 2.45) is 0 Å². The van der Waals surface area contributed by atoms with Crippen LogP contribution in [0.4, 0.5) is 5.69 Å². The first-order valence-electron chi connectivity index (χ1n) is 10.7. The van der Waals surface area contributed by atoms with Crippen LogP contribution in [0, 0.1) is 0 Å². The first-order chi connectivity index (χ1) is 16.7. The number of fused-ring (bicyclic) bond motifs is 3. The Kier molecular flexibility index (Phi) is 5.31. The molecular formula is C25H18ClN5O2S. The average Bonchev–Trinajstić information content (AvgIpc) is 3.51. The highest BCUT2D eigenvalue weighted by atomic mass is 35.5. The molecule has 1 aliphatic rings. The Morgan fingerprint density at radius 2 is 1.82 bits per heavy atom.